The van der Waals surface area contributed by atoms with Crippen LogP contribution < -0.4 is 10.6 Å². The van der Waals surface area contributed by atoms with Crippen LogP contribution in [-0.2, 0) is 9.59 Å². The van der Waals surface area contributed by atoms with Gasteiger partial charge in [0.05, 0.1) is 5.92 Å². The van der Waals surface area contributed by atoms with Crippen molar-refractivity contribution < 1.29 is 9.59 Å². The van der Waals surface area contributed by atoms with Gasteiger partial charge >= 0.3 is 0 Å². The van der Waals surface area contributed by atoms with E-state index in [9.17, 15) is 9.59 Å². The normalized spacial score (nSPS) is 26.3. The zero-order valence-electron chi connectivity index (χ0n) is 12.2. The maximum absolute atomic E-state index is 12.0. The first kappa shape index (κ1) is 14.3. The SMILES string of the molecule is CC(C)(C)N1CCC(NC(=O)C2CNC(=O)C2)CC1. The van der Waals surface area contributed by atoms with E-state index >= 15 is 0 Å². The molecule has 5 nitrogen and oxygen atoms in total. The average molecular weight is 267 g/mol. The van der Waals surface area contributed by atoms with Crippen molar-refractivity contribution in [3.05, 3.63) is 0 Å². The lowest BCUT2D eigenvalue weighted by atomic mass is 9.97. The topological polar surface area (TPSA) is 61.4 Å². The predicted octanol–water partition coefficient (Wildman–Crippen LogP) is 0.502. The molecule has 1 unspecified atom stereocenters. The molecular formula is C14H25N3O2. The molecule has 1 atom stereocenters. The van der Waals surface area contributed by atoms with E-state index in [1.807, 2.05) is 0 Å². The summed E-state index contributed by atoms with van der Waals surface area (Å²) in [5.74, 6) is -0.150. The van der Waals surface area contributed by atoms with E-state index in [-0.39, 0.29) is 29.3 Å². The van der Waals surface area contributed by atoms with Crippen LogP contribution in [0.2, 0.25) is 0 Å². The molecule has 2 saturated heterocycles. The molecule has 19 heavy (non-hydrogen) atoms. The number of carbonyl (C=O) groups is 2. The van der Waals surface area contributed by atoms with Crippen LogP contribution in [0.5, 0.6) is 0 Å². The summed E-state index contributed by atoms with van der Waals surface area (Å²) in [6.07, 6.45) is 2.33. The number of carbonyl (C=O) groups excluding carboxylic acids is 2. The second-order valence-corrected chi connectivity index (χ2v) is 6.65. The molecule has 2 heterocycles. The summed E-state index contributed by atoms with van der Waals surface area (Å²) in [6, 6.07) is 0.266. The van der Waals surface area contributed by atoms with Crippen LogP contribution >= 0.6 is 0 Å². The van der Waals surface area contributed by atoms with Crippen molar-refractivity contribution in [3.63, 3.8) is 0 Å². The molecule has 0 saturated carbocycles. The first-order valence-electron chi connectivity index (χ1n) is 7.18. The number of nitrogens with one attached hydrogen (secondary N) is 2. The van der Waals surface area contributed by atoms with Gasteiger partial charge < -0.3 is 10.6 Å². The standard InChI is InChI=1S/C14H25N3O2/c1-14(2,3)17-6-4-11(5-7-17)16-13(19)10-8-12(18)15-9-10/h10-11H,4-9H2,1-3H3,(H,15,18)(H,16,19). The molecule has 108 valence electrons. The maximum Gasteiger partial charge on any atom is 0.225 e. The van der Waals surface area contributed by atoms with E-state index in [0.29, 0.717) is 13.0 Å². The molecule has 0 aromatic rings. The summed E-state index contributed by atoms with van der Waals surface area (Å²) in [4.78, 5) is 25.6. The molecular weight excluding hydrogens is 242 g/mol. The quantitative estimate of drug-likeness (QED) is 0.766. The highest BCUT2D eigenvalue weighted by atomic mass is 16.2. The average Bonchev–Trinajstić information content (AvgIpc) is 2.75. The van der Waals surface area contributed by atoms with Crippen molar-refractivity contribution in [2.24, 2.45) is 5.92 Å². The Bertz CT molecular complexity index is 354. The van der Waals surface area contributed by atoms with Crippen LogP contribution in [0.15, 0.2) is 0 Å². The number of amides is 2. The van der Waals surface area contributed by atoms with Crippen LogP contribution in [0, 0.1) is 5.92 Å². The Morgan fingerprint density at radius 3 is 2.42 bits per heavy atom. The number of likely N-dealkylation sites (tertiary alicyclic amines) is 1. The number of piperidine rings is 1. The van der Waals surface area contributed by atoms with Gasteiger partial charge in [0.25, 0.3) is 0 Å². The highest BCUT2D eigenvalue weighted by Gasteiger charge is 2.31. The lowest BCUT2D eigenvalue weighted by Crippen LogP contribution is -2.51. The molecule has 0 aromatic carbocycles. The van der Waals surface area contributed by atoms with Gasteiger partial charge in [-0.1, -0.05) is 0 Å². The Labute approximate surface area is 115 Å². The first-order chi connectivity index (χ1) is 8.86. The van der Waals surface area contributed by atoms with E-state index in [1.54, 1.807) is 0 Å². The summed E-state index contributed by atoms with van der Waals surface area (Å²) < 4.78 is 0. The number of nitrogens with zero attached hydrogens (tertiary/aromatic N) is 1. The van der Waals surface area contributed by atoms with Gasteiger partial charge in [0, 0.05) is 37.6 Å². The van der Waals surface area contributed by atoms with Crippen LogP contribution in [0.25, 0.3) is 0 Å². The van der Waals surface area contributed by atoms with Crippen molar-refractivity contribution in [2.45, 2.75) is 51.6 Å². The summed E-state index contributed by atoms with van der Waals surface area (Å²) in [5, 5.41) is 5.80. The summed E-state index contributed by atoms with van der Waals surface area (Å²) in [7, 11) is 0. The zero-order valence-corrected chi connectivity index (χ0v) is 12.2. The van der Waals surface area contributed by atoms with Crippen LogP contribution in [0.3, 0.4) is 0 Å². The third-order valence-corrected chi connectivity index (χ3v) is 4.14. The fourth-order valence-electron chi connectivity index (χ4n) is 2.80. The lowest BCUT2D eigenvalue weighted by Gasteiger charge is -2.41. The molecule has 0 radical (unpaired) electrons. The minimum absolute atomic E-state index is 0.0114. The van der Waals surface area contributed by atoms with E-state index < -0.39 is 0 Å². The second kappa shape index (κ2) is 5.49. The minimum Gasteiger partial charge on any atom is -0.355 e. The summed E-state index contributed by atoms with van der Waals surface area (Å²) in [6.45, 7) is 9.21. The maximum atomic E-state index is 12.0. The number of rotatable bonds is 2. The fraction of sp³-hybridized carbons (Fsp3) is 0.857. The number of hydrogen-bond acceptors (Lipinski definition) is 3. The lowest BCUT2D eigenvalue weighted by molar-refractivity contribution is -0.127. The van der Waals surface area contributed by atoms with Crippen molar-refractivity contribution in [1.82, 2.24) is 15.5 Å². The van der Waals surface area contributed by atoms with Crippen molar-refractivity contribution >= 4 is 11.8 Å². The fourth-order valence-corrected chi connectivity index (χ4v) is 2.80. The Morgan fingerprint density at radius 2 is 1.95 bits per heavy atom. The molecule has 2 aliphatic rings. The van der Waals surface area contributed by atoms with Gasteiger partial charge in [-0.15, -0.1) is 0 Å². The van der Waals surface area contributed by atoms with Crippen LogP contribution in [0.1, 0.15) is 40.0 Å². The molecule has 0 aliphatic carbocycles. The monoisotopic (exact) mass is 267 g/mol. The molecule has 2 fully saturated rings. The van der Waals surface area contributed by atoms with Crippen molar-refractivity contribution in [1.29, 1.82) is 0 Å². The highest BCUT2D eigenvalue weighted by Crippen LogP contribution is 2.20. The molecule has 5 heteroatoms. The van der Waals surface area contributed by atoms with E-state index in [4.69, 9.17) is 0 Å². The number of hydrogen-bond donors (Lipinski definition) is 2. The highest BCUT2D eigenvalue weighted by molar-refractivity contribution is 5.89. The van der Waals surface area contributed by atoms with Gasteiger partial charge in [-0.05, 0) is 33.6 Å². The molecule has 2 N–H and O–H groups in total. The molecule has 2 aliphatic heterocycles. The van der Waals surface area contributed by atoms with E-state index in [2.05, 4.69) is 36.3 Å². The van der Waals surface area contributed by atoms with Gasteiger partial charge in [-0.25, -0.2) is 0 Å². The first-order valence-corrected chi connectivity index (χ1v) is 7.18. The van der Waals surface area contributed by atoms with Gasteiger partial charge in [0.15, 0.2) is 0 Å². The van der Waals surface area contributed by atoms with Gasteiger partial charge in [-0.3, -0.25) is 14.5 Å². The largest absolute Gasteiger partial charge is 0.355 e. The van der Waals surface area contributed by atoms with Gasteiger partial charge in [-0.2, -0.15) is 0 Å². The predicted molar refractivity (Wildman–Crippen MR) is 73.6 cm³/mol. The molecule has 2 rings (SSSR count). The minimum atomic E-state index is -0.173. The Balaban J connectivity index is 1.76. The molecule has 2 amide bonds. The Hall–Kier alpha value is -1.10. The summed E-state index contributed by atoms with van der Waals surface area (Å²) >= 11 is 0. The van der Waals surface area contributed by atoms with E-state index in [1.165, 1.54) is 0 Å². The molecule has 0 aromatic heterocycles. The van der Waals surface area contributed by atoms with Crippen molar-refractivity contribution in [2.75, 3.05) is 19.6 Å². The van der Waals surface area contributed by atoms with Gasteiger partial charge in [0.1, 0.15) is 0 Å². The van der Waals surface area contributed by atoms with E-state index in [0.717, 1.165) is 25.9 Å². The zero-order chi connectivity index (χ0) is 14.0. The van der Waals surface area contributed by atoms with Crippen molar-refractivity contribution in [3.8, 4) is 0 Å². The Morgan fingerprint density at radius 1 is 1.32 bits per heavy atom. The molecule has 0 bridgehead atoms. The van der Waals surface area contributed by atoms with Crippen LogP contribution in [-0.4, -0.2) is 47.9 Å². The second-order valence-electron chi connectivity index (χ2n) is 6.65. The smallest absolute Gasteiger partial charge is 0.225 e. The Kier molecular flexibility index (Phi) is 4.13. The third kappa shape index (κ3) is 3.69. The summed E-state index contributed by atoms with van der Waals surface area (Å²) in [5.41, 5.74) is 0.205. The molecule has 0 spiro atoms. The van der Waals surface area contributed by atoms with Gasteiger partial charge in [0.2, 0.25) is 11.8 Å². The third-order valence-electron chi connectivity index (χ3n) is 4.14. The van der Waals surface area contributed by atoms with Crippen LogP contribution in [0.4, 0.5) is 0 Å².